The third kappa shape index (κ3) is 17.4. The third-order valence-electron chi connectivity index (χ3n) is 4.28. The molecule has 0 aliphatic heterocycles. The van der Waals surface area contributed by atoms with Gasteiger partial charge in [0.15, 0.2) is 0 Å². The Hall–Kier alpha value is -3.09. The lowest BCUT2D eigenvalue weighted by atomic mass is 9.94. The van der Waals surface area contributed by atoms with Crippen molar-refractivity contribution >= 4 is 30.1 Å². The van der Waals surface area contributed by atoms with Crippen molar-refractivity contribution in [3.05, 3.63) is 0 Å². The second-order valence-electron chi connectivity index (χ2n) is 11.9. The molecule has 0 fully saturated rings. The number of nitrogens with one attached hydrogen (secondary N) is 5. The molecule has 0 aliphatic carbocycles. The minimum atomic E-state index is -1.30. The summed E-state index contributed by atoms with van der Waals surface area (Å²) in [6.45, 7) is 18.0. The highest BCUT2D eigenvalue weighted by Crippen LogP contribution is 2.16. The topological polar surface area (TPSA) is 168 Å². The number of hydrogen-bond acceptors (Lipinski definition) is 9. The largest absolute Gasteiger partial charge is 0.444 e. The summed E-state index contributed by atoms with van der Waals surface area (Å²) in [7, 11) is 1.76. The van der Waals surface area contributed by atoms with E-state index in [1.807, 2.05) is 0 Å². The molecule has 0 rings (SSSR count). The summed E-state index contributed by atoms with van der Waals surface area (Å²) < 4.78 is 15.8. The van der Waals surface area contributed by atoms with Crippen LogP contribution in [0.4, 0.5) is 14.4 Å². The van der Waals surface area contributed by atoms with E-state index >= 15 is 0 Å². The van der Waals surface area contributed by atoms with E-state index in [4.69, 9.17) is 14.2 Å². The van der Waals surface area contributed by atoms with Gasteiger partial charge in [-0.05, 0) is 89.1 Å². The van der Waals surface area contributed by atoms with Gasteiger partial charge < -0.3 is 30.2 Å². The van der Waals surface area contributed by atoms with Gasteiger partial charge in [-0.15, -0.1) is 0 Å². The second kappa shape index (κ2) is 14.7. The highest BCUT2D eigenvalue weighted by Gasteiger charge is 2.35. The summed E-state index contributed by atoms with van der Waals surface area (Å²) in [5.41, 5.74) is -3.58. The van der Waals surface area contributed by atoms with E-state index in [9.17, 15) is 19.2 Å². The maximum absolute atomic E-state index is 12.9. The van der Waals surface area contributed by atoms with E-state index in [-0.39, 0.29) is 24.8 Å². The van der Waals surface area contributed by atoms with Crippen molar-refractivity contribution in [2.45, 2.75) is 104 Å². The van der Waals surface area contributed by atoms with Crippen LogP contribution < -0.4 is 26.6 Å². The number of carbonyl (C=O) groups is 4. The van der Waals surface area contributed by atoms with Crippen LogP contribution in [0.1, 0.15) is 82.1 Å². The predicted molar refractivity (Wildman–Crippen MR) is 145 cm³/mol. The van der Waals surface area contributed by atoms with Crippen LogP contribution in [0.5, 0.6) is 0 Å². The molecule has 0 aliphatic rings. The molecule has 38 heavy (non-hydrogen) atoms. The van der Waals surface area contributed by atoms with E-state index in [2.05, 4.69) is 31.6 Å². The summed E-state index contributed by atoms with van der Waals surface area (Å²) >= 11 is 0. The number of carbonyl (C=O) groups excluding carboxylic acids is 4. The van der Waals surface area contributed by atoms with Crippen LogP contribution in [-0.4, -0.2) is 79.2 Å². The average Bonchev–Trinajstić information content (AvgIpc) is 2.66. The molecule has 5 N–H and O–H groups in total. The lowest BCUT2D eigenvalue weighted by molar-refractivity contribution is -0.127. The molecule has 0 radical (unpaired) electrons. The smallest absolute Gasteiger partial charge is 0.414 e. The van der Waals surface area contributed by atoms with Crippen LogP contribution in [0.25, 0.3) is 0 Å². The van der Waals surface area contributed by atoms with Crippen molar-refractivity contribution < 1.29 is 33.4 Å². The maximum atomic E-state index is 12.9. The number of hydrogen-bond donors (Lipinski definition) is 5. The zero-order valence-corrected chi connectivity index (χ0v) is 24.8. The van der Waals surface area contributed by atoms with Crippen LogP contribution in [0.2, 0.25) is 0 Å². The molecule has 13 heteroatoms. The molecular formula is C25H48N6O7. The van der Waals surface area contributed by atoms with Gasteiger partial charge in [-0.25, -0.2) is 14.4 Å². The monoisotopic (exact) mass is 544 g/mol. The van der Waals surface area contributed by atoms with Crippen molar-refractivity contribution in [1.29, 1.82) is 0 Å². The van der Waals surface area contributed by atoms with E-state index in [0.29, 0.717) is 19.5 Å². The second-order valence-corrected chi connectivity index (χ2v) is 11.9. The molecular weight excluding hydrogens is 496 g/mol. The Kier molecular flexibility index (Phi) is 13.5. The normalized spacial score (nSPS) is 13.3. The average molecular weight is 545 g/mol. The zero-order chi connectivity index (χ0) is 29.8. The lowest BCUT2D eigenvalue weighted by Crippen LogP contribution is -2.58. The van der Waals surface area contributed by atoms with Gasteiger partial charge in [-0.2, -0.15) is 0 Å². The first-order valence-electron chi connectivity index (χ1n) is 12.6. The van der Waals surface area contributed by atoms with Crippen LogP contribution >= 0.6 is 0 Å². The maximum Gasteiger partial charge on any atom is 0.414 e. The van der Waals surface area contributed by atoms with E-state index in [1.165, 1.54) is 0 Å². The Morgan fingerprint density at radius 1 is 0.684 bits per heavy atom. The summed E-state index contributed by atoms with van der Waals surface area (Å²) in [4.78, 5) is 54.1. The van der Waals surface area contributed by atoms with Gasteiger partial charge in [0.05, 0.1) is 0 Å². The Bertz CT molecular complexity index is 809. The zero-order valence-electron chi connectivity index (χ0n) is 24.8. The molecule has 0 aromatic rings. The number of ether oxygens (including phenoxy) is 3. The molecule has 0 saturated heterocycles. The van der Waals surface area contributed by atoms with Gasteiger partial charge in [0, 0.05) is 19.6 Å². The molecule has 220 valence electrons. The fourth-order valence-corrected chi connectivity index (χ4v) is 2.79. The standard InChI is InChI=1S/C25H48N6O7/c1-22(2,3)36-19(33)29-18(30-20(34)37-23(4,5)6)28-14-12-13-25(10,17(32)27-16-15-26-11)31-21(35)38-24(7,8)9/h26H,12-16H2,1-11H3,(H,27,32)(H,31,35)(H2,28,29,30,33,34). The molecule has 13 nitrogen and oxygen atoms in total. The molecule has 1 atom stereocenters. The van der Waals surface area contributed by atoms with Gasteiger partial charge in [0.25, 0.3) is 0 Å². The third-order valence-corrected chi connectivity index (χ3v) is 4.28. The molecule has 1 unspecified atom stereocenters. The van der Waals surface area contributed by atoms with Crippen molar-refractivity contribution in [1.82, 2.24) is 26.6 Å². The Labute approximate surface area is 226 Å². The van der Waals surface area contributed by atoms with Crippen LogP contribution in [0, 0.1) is 0 Å². The summed E-state index contributed by atoms with van der Waals surface area (Å²) in [5, 5.41) is 13.2. The van der Waals surface area contributed by atoms with Crippen molar-refractivity contribution in [2.75, 3.05) is 26.7 Å². The van der Waals surface area contributed by atoms with Gasteiger partial charge in [-0.1, -0.05) is 0 Å². The molecule has 4 amide bonds. The van der Waals surface area contributed by atoms with Crippen molar-refractivity contribution in [2.24, 2.45) is 4.99 Å². The Morgan fingerprint density at radius 2 is 1.13 bits per heavy atom. The number of rotatable bonds is 9. The fourth-order valence-electron chi connectivity index (χ4n) is 2.79. The fraction of sp³-hybridized carbons (Fsp3) is 0.800. The summed E-state index contributed by atoms with van der Waals surface area (Å²) in [5.74, 6) is -0.560. The van der Waals surface area contributed by atoms with Gasteiger partial charge in [0.1, 0.15) is 22.3 Å². The predicted octanol–water partition coefficient (Wildman–Crippen LogP) is 2.79. The first kappa shape index (κ1) is 34.9. The van der Waals surface area contributed by atoms with Crippen LogP contribution in [0.3, 0.4) is 0 Å². The minimum absolute atomic E-state index is 0.0936. The molecule has 0 spiro atoms. The van der Waals surface area contributed by atoms with E-state index < -0.39 is 40.6 Å². The number of likely N-dealkylation sites (N-methyl/N-ethyl adjacent to an activating group) is 1. The van der Waals surface area contributed by atoms with Gasteiger partial charge in [-0.3, -0.25) is 20.4 Å². The quantitative estimate of drug-likeness (QED) is 0.128. The Morgan fingerprint density at radius 3 is 1.55 bits per heavy atom. The number of aliphatic imine (C=N–C) groups is 1. The lowest BCUT2D eigenvalue weighted by Gasteiger charge is -2.31. The first-order chi connectivity index (χ1) is 17.2. The number of amides is 4. The van der Waals surface area contributed by atoms with E-state index in [1.54, 1.807) is 76.3 Å². The molecule has 0 aromatic heterocycles. The summed E-state index contributed by atoms with van der Waals surface area (Å²) in [6.07, 6.45) is -1.86. The molecule has 0 bridgehead atoms. The number of alkyl carbamates (subject to hydrolysis) is 3. The van der Waals surface area contributed by atoms with E-state index in [0.717, 1.165) is 0 Å². The number of guanidine groups is 1. The SMILES string of the molecule is CNCCNC(=O)C(C)(CCCN=C(NC(=O)OC(C)(C)C)NC(=O)OC(C)(C)C)NC(=O)OC(C)(C)C. The minimum Gasteiger partial charge on any atom is -0.444 e. The van der Waals surface area contributed by atoms with Gasteiger partial charge >= 0.3 is 18.3 Å². The molecule has 0 heterocycles. The molecule has 0 aromatic carbocycles. The number of nitrogens with zero attached hydrogens (tertiary/aromatic N) is 1. The first-order valence-corrected chi connectivity index (χ1v) is 12.6. The summed E-state index contributed by atoms with van der Waals surface area (Å²) in [6, 6.07) is 0. The highest BCUT2D eigenvalue weighted by atomic mass is 16.6. The van der Waals surface area contributed by atoms with Gasteiger partial charge in [0.2, 0.25) is 11.9 Å². The van der Waals surface area contributed by atoms with Crippen molar-refractivity contribution in [3.63, 3.8) is 0 Å². The Balaban J connectivity index is 5.55. The van der Waals surface area contributed by atoms with Crippen LogP contribution in [0.15, 0.2) is 4.99 Å². The highest BCUT2D eigenvalue weighted by molar-refractivity contribution is 6.01. The van der Waals surface area contributed by atoms with Crippen molar-refractivity contribution in [3.8, 4) is 0 Å². The molecule has 0 saturated carbocycles. The van der Waals surface area contributed by atoms with Crippen LogP contribution in [-0.2, 0) is 19.0 Å².